The summed E-state index contributed by atoms with van der Waals surface area (Å²) in [6, 6.07) is 2.99. The molecule has 0 aromatic heterocycles. The largest absolute Gasteiger partial charge is 0.502 e. The molecule has 112 valence electrons. The van der Waals surface area contributed by atoms with Gasteiger partial charge in [0.25, 0.3) is 5.91 Å². The zero-order valence-electron chi connectivity index (χ0n) is 11.3. The summed E-state index contributed by atoms with van der Waals surface area (Å²) >= 11 is 0. The minimum atomic E-state index is -0.770. The highest BCUT2D eigenvalue weighted by molar-refractivity contribution is 6.00. The van der Waals surface area contributed by atoms with E-state index < -0.39 is 34.3 Å². The van der Waals surface area contributed by atoms with Crippen LogP contribution < -0.4 is 0 Å². The molecule has 0 bridgehead atoms. The fourth-order valence-corrected chi connectivity index (χ4v) is 2.40. The first-order valence-corrected chi connectivity index (χ1v) is 6.32. The molecule has 1 aromatic rings. The third-order valence-electron chi connectivity index (χ3n) is 3.43. The van der Waals surface area contributed by atoms with Crippen molar-refractivity contribution in [1.29, 1.82) is 0 Å². The van der Waals surface area contributed by atoms with Gasteiger partial charge in [0, 0.05) is 12.6 Å². The standard InChI is InChI=1S/C13H14N2O6/c1-21-13(18)10-6-3-7-14(10)12(17)8-4-2-5-9(11(8)16)15(19)20/h2,4-5,10,16H,3,6-7H2,1H3/t10-/m0/s1. The van der Waals surface area contributed by atoms with Crippen LogP contribution in [0.2, 0.25) is 0 Å². The Hall–Kier alpha value is -2.64. The molecule has 0 spiro atoms. The fourth-order valence-electron chi connectivity index (χ4n) is 2.40. The Balaban J connectivity index is 2.34. The van der Waals surface area contributed by atoms with Crippen molar-refractivity contribution in [2.75, 3.05) is 13.7 Å². The summed E-state index contributed by atoms with van der Waals surface area (Å²) in [6.45, 7) is 0.334. The molecule has 1 saturated heterocycles. The number of aromatic hydroxyl groups is 1. The van der Waals surface area contributed by atoms with E-state index in [-0.39, 0.29) is 5.56 Å². The first-order valence-electron chi connectivity index (χ1n) is 6.32. The van der Waals surface area contributed by atoms with Crippen molar-refractivity contribution in [1.82, 2.24) is 4.90 Å². The lowest BCUT2D eigenvalue weighted by molar-refractivity contribution is -0.385. The number of para-hydroxylation sites is 1. The number of carbonyl (C=O) groups is 2. The molecule has 8 nitrogen and oxygen atoms in total. The molecule has 1 aliphatic heterocycles. The van der Waals surface area contributed by atoms with Crippen molar-refractivity contribution in [3.63, 3.8) is 0 Å². The Bertz CT molecular complexity index is 600. The maximum absolute atomic E-state index is 12.4. The number of nitrogens with zero attached hydrogens (tertiary/aromatic N) is 2. The summed E-state index contributed by atoms with van der Waals surface area (Å²) in [6.07, 6.45) is 1.09. The minimum Gasteiger partial charge on any atom is -0.502 e. The van der Waals surface area contributed by atoms with Crippen LogP contribution in [-0.2, 0) is 9.53 Å². The molecule has 1 fully saturated rings. The molecule has 8 heteroatoms. The molecule has 2 rings (SSSR count). The molecule has 1 aliphatic rings. The van der Waals surface area contributed by atoms with Crippen molar-refractivity contribution in [2.24, 2.45) is 0 Å². The fraction of sp³-hybridized carbons (Fsp3) is 0.385. The van der Waals surface area contributed by atoms with Gasteiger partial charge in [0.1, 0.15) is 6.04 Å². The monoisotopic (exact) mass is 294 g/mol. The van der Waals surface area contributed by atoms with Crippen LogP contribution >= 0.6 is 0 Å². The van der Waals surface area contributed by atoms with Crippen molar-refractivity contribution in [3.8, 4) is 5.75 Å². The number of benzene rings is 1. The maximum Gasteiger partial charge on any atom is 0.328 e. The number of rotatable bonds is 3. The van der Waals surface area contributed by atoms with Gasteiger partial charge in [-0.2, -0.15) is 0 Å². The van der Waals surface area contributed by atoms with Gasteiger partial charge in [0.15, 0.2) is 0 Å². The first-order chi connectivity index (χ1) is 9.97. The average molecular weight is 294 g/mol. The Kier molecular flexibility index (Phi) is 4.06. The number of esters is 1. The summed E-state index contributed by atoms with van der Waals surface area (Å²) in [7, 11) is 1.23. The highest BCUT2D eigenvalue weighted by atomic mass is 16.6. The van der Waals surface area contributed by atoms with Crippen LogP contribution in [-0.4, -0.2) is 46.5 Å². The lowest BCUT2D eigenvalue weighted by Crippen LogP contribution is -2.41. The Labute approximate surface area is 120 Å². The number of likely N-dealkylation sites (tertiary alicyclic amines) is 1. The predicted molar refractivity (Wildman–Crippen MR) is 70.8 cm³/mol. The third-order valence-corrected chi connectivity index (χ3v) is 3.43. The molecule has 0 radical (unpaired) electrons. The molecule has 0 saturated carbocycles. The molecule has 1 aromatic carbocycles. The molecular weight excluding hydrogens is 280 g/mol. The highest BCUT2D eigenvalue weighted by Gasteiger charge is 2.37. The summed E-state index contributed by atoms with van der Waals surface area (Å²) in [5, 5.41) is 20.6. The van der Waals surface area contributed by atoms with Gasteiger partial charge in [0.2, 0.25) is 5.75 Å². The molecule has 1 amide bonds. The second kappa shape index (κ2) is 5.78. The Morgan fingerprint density at radius 2 is 2.19 bits per heavy atom. The van der Waals surface area contributed by atoms with Crippen LogP contribution in [0.5, 0.6) is 5.75 Å². The van der Waals surface area contributed by atoms with E-state index in [4.69, 9.17) is 0 Å². The second-order valence-electron chi connectivity index (χ2n) is 4.61. The molecular formula is C13H14N2O6. The highest BCUT2D eigenvalue weighted by Crippen LogP contribution is 2.32. The van der Waals surface area contributed by atoms with E-state index in [1.54, 1.807) is 0 Å². The SMILES string of the molecule is COC(=O)[C@@H]1CCCN1C(=O)c1cccc([N+](=O)[O-])c1O. The van der Waals surface area contributed by atoms with E-state index in [2.05, 4.69) is 4.74 Å². The van der Waals surface area contributed by atoms with Crippen molar-refractivity contribution < 1.29 is 24.4 Å². The average Bonchev–Trinajstić information content (AvgIpc) is 2.95. The molecule has 0 aliphatic carbocycles. The number of nitro benzene ring substituents is 1. The number of phenolic OH excluding ortho intramolecular Hbond substituents is 1. The lowest BCUT2D eigenvalue weighted by Gasteiger charge is -2.22. The van der Waals surface area contributed by atoms with Crippen LogP contribution in [0.15, 0.2) is 18.2 Å². The zero-order chi connectivity index (χ0) is 15.6. The number of carbonyl (C=O) groups excluding carboxylic acids is 2. The predicted octanol–water partition coefficient (Wildman–Crippen LogP) is 1.08. The third kappa shape index (κ3) is 2.64. The number of ether oxygens (including phenoxy) is 1. The van der Waals surface area contributed by atoms with Gasteiger partial charge in [-0.3, -0.25) is 14.9 Å². The van der Waals surface area contributed by atoms with E-state index in [0.29, 0.717) is 19.4 Å². The summed E-state index contributed by atoms with van der Waals surface area (Å²) in [4.78, 5) is 35.3. The van der Waals surface area contributed by atoms with Gasteiger partial charge in [0.05, 0.1) is 17.6 Å². The van der Waals surface area contributed by atoms with Crippen molar-refractivity contribution >= 4 is 17.6 Å². The van der Waals surface area contributed by atoms with Crippen LogP contribution in [0.25, 0.3) is 0 Å². The number of phenols is 1. The molecule has 0 unspecified atom stereocenters. The van der Waals surface area contributed by atoms with Crippen LogP contribution in [0, 0.1) is 10.1 Å². The normalized spacial score (nSPS) is 17.6. The molecule has 21 heavy (non-hydrogen) atoms. The van der Waals surface area contributed by atoms with Crippen molar-refractivity contribution in [3.05, 3.63) is 33.9 Å². The van der Waals surface area contributed by atoms with Crippen LogP contribution in [0.3, 0.4) is 0 Å². The van der Waals surface area contributed by atoms with Gasteiger partial charge in [-0.1, -0.05) is 6.07 Å². The topological polar surface area (TPSA) is 110 Å². The lowest BCUT2D eigenvalue weighted by atomic mass is 10.1. The molecule has 1 heterocycles. The van der Waals surface area contributed by atoms with E-state index in [9.17, 15) is 24.8 Å². The van der Waals surface area contributed by atoms with Gasteiger partial charge in [-0.05, 0) is 18.9 Å². The van der Waals surface area contributed by atoms with E-state index in [1.165, 1.54) is 24.1 Å². The van der Waals surface area contributed by atoms with E-state index in [0.717, 1.165) is 6.07 Å². The van der Waals surface area contributed by atoms with Crippen LogP contribution in [0.1, 0.15) is 23.2 Å². The van der Waals surface area contributed by atoms with Gasteiger partial charge >= 0.3 is 11.7 Å². The first kappa shape index (κ1) is 14.8. The van der Waals surface area contributed by atoms with E-state index in [1.807, 2.05) is 0 Å². The number of methoxy groups -OCH3 is 1. The molecule has 1 N–H and O–H groups in total. The number of amides is 1. The smallest absolute Gasteiger partial charge is 0.328 e. The maximum atomic E-state index is 12.4. The number of nitro groups is 1. The summed E-state index contributed by atoms with van der Waals surface area (Å²) < 4.78 is 4.64. The number of hydrogen-bond donors (Lipinski definition) is 1. The summed E-state index contributed by atoms with van der Waals surface area (Å²) in [5.74, 6) is -1.85. The second-order valence-corrected chi connectivity index (χ2v) is 4.61. The zero-order valence-corrected chi connectivity index (χ0v) is 11.3. The number of hydrogen-bond acceptors (Lipinski definition) is 6. The van der Waals surface area contributed by atoms with Gasteiger partial charge < -0.3 is 14.7 Å². The van der Waals surface area contributed by atoms with Crippen molar-refractivity contribution in [2.45, 2.75) is 18.9 Å². The van der Waals surface area contributed by atoms with E-state index >= 15 is 0 Å². The Morgan fingerprint density at radius 1 is 1.48 bits per heavy atom. The minimum absolute atomic E-state index is 0.194. The van der Waals surface area contributed by atoms with Gasteiger partial charge in [-0.25, -0.2) is 4.79 Å². The van der Waals surface area contributed by atoms with Gasteiger partial charge in [-0.15, -0.1) is 0 Å². The Morgan fingerprint density at radius 3 is 2.81 bits per heavy atom. The van der Waals surface area contributed by atoms with Crippen LogP contribution in [0.4, 0.5) is 5.69 Å². The molecule has 1 atom stereocenters. The quantitative estimate of drug-likeness (QED) is 0.507. The summed E-state index contributed by atoms with van der Waals surface area (Å²) in [5.41, 5.74) is -0.741.